The van der Waals surface area contributed by atoms with Crippen molar-refractivity contribution in [1.82, 2.24) is 14.5 Å². The van der Waals surface area contributed by atoms with E-state index in [1.807, 2.05) is 31.2 Å². The van der Waals surface area contributed by atoms with Crippen LogP contribution in [0.3, 0.4) is 0 Å². The number of nitrogens with one attached hydrogen (secondary N) is 1. The molecule has 0 spiro atoms. The lowest BCUT2D eigenvalue weighted by atomic mass is 9.87. The standard InChI is InChI=1S/C30H40N3O4S/c1-5-37-17-16-32-15-14-21-8-6-7-9-24(21)28(32)29(34)31-18-25-26-19-33(20-27(25)26)38(35,36)23-12-10-22(11-13-23)30(2,3)4/h6,8-13,25-28H,5,14-20H2,1-4H3,(H,31,34). The van der Waals surface area contributed by atoms with Gasteiger partial charge in [0.1, 0.15) is 6.04 Å². The zero-order chi connectivity index (χ0) is 27.1. The molecule has 205 valence electrons. The molecule has 8 heteroatoms. The fourth-order valence-electron chi connectivity index (χ4n) is 6.12. The predicted octanol–water partition coefficient (Wildman–Crippen LogP) is 3.40. The summed E-state index contributed by atoms with van der Waals surface area (Å²) in [5.74, 6) is 0.950. The van der Waals surface area contributed by atoms with Crippen molar-refractivity contribution >= 4 is 15.9 Å². The fraction of sp³-hybridized carbons (Fsp3) is 0.567. The van der Waals surface area contributed by atoms with E-state index in [0.717, 1.165) is 24.1 Å². The maximum atomic E-state index is 13.4. The van der Waals surface area contributed by atoms with Gasteiger partial charge in [-0.15, -0.1) is 0 Å². The summed E-state index contributed by atoms with van der Waals surface area (Å²) in [7, 11) is -3.50. The lowest BCUT2D eigenvalue weighted by Gasteiger charge is -2.36. The molecule has 1 saturated heterocycles. The molecule has 2 aromatic carbocycles. The Kier molecular flexibility index (Phi) is 7.70. The van der Waals surface area contributed by atoms with Crippen molar-refractivity contribution in [2.75, 3.05) is 45.9 Å². The highest BCUT2D eigenvalue weighted by molar-refractivity contribution is 7.89. The van der Waals surface area contributed by atoms with Gasteiger partial charge in [0.15, 0.2) is 0 Å². The molecule has 2 aliphatic heterocycles. The van der Waals surface area contributed by atoms with Crippen LogP contribution < -0.4 is 5.32 Å². The van der Waals surface area contributed by atoms with Crippen LogP contribution in [-0.2, 0) is 31.4 Å². The van der Waals surface area contributed by atoms with Gasteiger partial charge in [0.25, 0.3) is 0 Å². The van der Waals surface area contributed by atoms with Gasteiger partial charge in [0, 0.05) is 39.3 Å². The smallest absolute Gasteiger partial charge is 0.243 e. The first-order valence-electron chi connectivity index (χ1n) is 13.8. The normalized spacial score (nSPS) is 25.6. The second-order valence-corrected chi connectivity index (χ2v) is 13.8. The Morgan fingerprint density at radius 1 is 1.13 bits per heavy atom. The van der Waals surface area contributed by atoms with E-state index < -0.39 is 10.0 Å². The van der Waals surface area contributed by atoms with E-state index in [1.54, 1.807) is 16.4 Å². The van der Waals surface area contributed by atoms with Gasteiger partial charge < -0.3 is 10.1 Å². The molecule has 1 N–H and O–H groups in total. The average Bonchev–Trinajstić information content (AvgIpc) is 3.33. The first-order chi connectivity index (χ1) is 18.1. The molecular formula is C30H40N3O4S. The molecule has 0 aromatic heterocycles. The van der Waals surface area contributed by atoms with Crippen LogP contribution in [0, 0.1) is 23.8 Å². The number of hydrogen-bond acceptors (Lipinski definition) is 5. The zero-order valence-corrected chi connectivity index (χ0v) is 23.8. The van der Waals surface area contributed by atoms with Crippen LogP contribution in [0.1, 0.15) is 50.4 Å². The minimum absolute atomic E-state index is 0.00966. The highest BCUT2D eigenvalue weighted by Gasteiger charge is 2.57. The van der Waals surface area contributed by atoms with E-state index in [1.165, 1.54) is 5.56 Å². The third-order valence-electron chi connectivity index (χ3n) is 8.50. The van der Waals surface area contributed by atoms with E-state index in [4.69, 9.17) is 4.74 Å². The summed E-state index contributed by atoms with van der Waals surface area (Å²) in [4.78, 5) is 16.0. The lowest BCUT2D eigenvalue weighted by Crippen LogP contribution is -2.46. The third kappa shape index (κ3) is 5.41. The number of carbonyl (C=O) groups is 1. The Morgan fingerprint density at radius 2 is 1.84 bits per heavy atom. The van der Waals surface area contributed by atoms with Crippen molar-refractivity contribution in [3.8, 4) is 0 Å². The van der Waals surface area contributed by atoms with Gasteiger partial charge in [-0.3, -0.25) is 9.69 Å². The second kappa shape index (κ2) is 10.7. The van der Waals surface area contributed by atoms with Crippen LogP contribution in [0.25, 0.3) is 0 Å². The van der Waals surface area contributed by atoms with Crippen LogP contribution in [0.5, 0.6) is 0 Å². The van der Waals surface area contributed by atoms with Crippen molar-refractivity contribution in [3.05, 3.63) is 65.2 Å². The SMILES string of the molecule is CCOCCN1CCc2cc[c]cc2C1C(=O)NCC1C2CN(S(=O)(=O)c3ccc(C(C)(C)C)cc3)CC12. The third-order valence-corrected chi connectivity index (χ3v) is 10.3. The summed E-state index contributed by atoms with van der Waals surface area (Å²) >= 11 is 0. The maximum absolute atomic E-state index is 13.4. The van der Waals surface area contributed by atoms with Crippen molar-refractivity contribution < 1.29 is 17.9 Å². The molecule has 0 bridgehead atoms. The van der Waals surface area contributed by atoms with Crippen molar-refractivity contribution in [2.45, 2.75) is 50.5 Å². The summed E-state index contributed by atoms with van der Waals surface area (Å²) < 4.78 is 33.7. The Labute approximate surface area is 227 Å². The van der Waals surface area contributed by atoms with Crippen molar-refractivity contribution in [2.24, 2.45) is 17.8 Å². The molecule has 2 aromatic rings. The highest BCUT2D eigenvalue weighted by Crippen LogP contribution is 2.52. The molecule has 2 heterocycles. The largest absolute Gasteiger partial charge is 0.380 e. The summed E-state index contributed by atoms with van der Waals surface area (Å²) in [6.45, 7) is 12.8. The number of ether oxygens (including phenoxy) is 1. The van der Waals surface area contributed by atoms with E-state index in [2.05, 4.69) is 43.1 Å². The molecule has 7 nitrogen and oxygen atoms in total. The molecule has 5 rings (SSSR count). The quantitative estimate of drug-likeness (QED) is 0.495. The Hall–Kier alpha value is -2.26. The van der Waals surface area contributed by atoms with Gasteiger partial charge in [-0.2, -0.15) is 4.31 Å². The zero-order valence-electron chi connectivity index (χ0n) is 22.9. The van der Waals surface area contributed by atoms with Crippen LogP contribution in [0.4, 0.5) is 0 Å². The Morgan fingerprint density at radius 3 is 2.50 bits per heavy atom. The molecule has 38 heavy (non-hydrogen) atoms. The molecule has 3 aliphatic rings. The van der Waals surface area contributed by atoms with Crippen molar-refractivity contribution in [3.63, 3.8) is 0 Å². The number of benzene rings is 2. The number of rotatable bonds is 9. The molecule has 1 aliphatic carbocycles. The summed E-state index contributed by atoms with van der Waals surface area (Å²) in [5, 5.41) is 3.21. The minimum Gasteiger partial charge on any atom is -0.380 e. The van der Waals surface area contributed by atoms with Gasteiger partial charge in [0.05, 0.1) is 11.5 Å². The number of amides is 1. The molecule has 2 fully saturated rings. The lowest BCUT2D eigenvalue weighted by molar-refractivity contribution is -0.127. The summed E-state index contributed by atoms with van der Waals surface area (Å²) in [5.41, 5.74) is 3.33. The first-order valence-corrected chi connectivity index (χ1v) is 15.2. The van der Waals surface area contributed by atoms with Gasteiger partial charge in [-0.05, 0) is 77.5 Å². The number of sulfonamides is 1. The molecule has 1 saturated carbocycles. The van der Waals surface area contributed by atoms with Crippen LogP contribution in [-0.4, -0.2) is 69.5 Å². The fourth-order valence-corrected chi connectivity index (χ4v) is 7.64. The van der Waals surface area contributed by atoms with Gasteiger partial charge in [-0.1, -0.05) is 45.0 Å². The molecule has 3 atom stereocenters. The molecular weight excluding hydrogens is 498 g/mol. The van der Waals surface area contributed by atoms with Gasteiger partial charge in [-0.25, -0.2) is 8.42 Å². The Balaban J connectivity index is 1.18. The van der Waals surface area contributed by atoms with Crippen LogP contribution in [0.15, 0.2) is 47.4 Å². The van der Waals surface area contributed by atoms with Gasteiger partial charge >= 0.3 is 0 Å². The second-order valence-electron chi connectivity index (χ2n) is 11.8. The van der Waals surface area contributed by atoms with E-state index in [9.17, 15) is 13.2 Å². The van der Waals surface area contributed by atoms with Crippen LogP contribution in [0.2, 0.25) is 0 Å². The van der Waals surface area contributed by atoms with E-state index >= 15 is 0 Å². The predicted molar refractivity (Wildman–Crippen MR) is 147 cm³/mol. The van der Waals surface area contributed by atoms with Crippen molar-refractivity contribution in [1.29, 1.82) is 0 Å². The van der Waals surface area contributed by atoms with Crippen LogP contribution >= 0.6 is 0 Å². The summed E-state index contributed by atoms with van der Waals surface area (Å²) in [6.07, 6.45) is 0.913. The topological polar surface area (TPSA) is 79.0 Å². The number of piperidine rings is 1. The highest BCUT2D eigenvalue weighted by atomic mass is 32.2. The average molecular weight is 539 g/mol. The minimum atomic E-state index is -3.50. The van der Waals surface area contributed by atoms with Gasteiger partial charge in [0.2, 0.25) is 15.9 Å². The Bertz CT molecular complexity index is 1240. The molecule has 1 radical (unpaired) electrons. The summed E-state index contributed by atoms with van der Waals surface area (Å²) in [6, 6.07) is 16.0. The molecule has 3 unspecified atom stereocenters. The van der Waals surface area contributed by atoms with E-state index in [-0.39, 0.29) is 17.4 Å². The first kappa shape index (κ1) is 27.3. The number of carbonyl (C=O) groups excluding carboxylic acids is 1. The monoisotopic (exact) mass is 538 g/mol. The molecule has 1 amide bonds. The van der Waals surface area contributed by atoms with E-state index in [0.29, 0.717) is 62.0 Å². The number of nitrogens with zero attached hydrogens (tertiary/aromatic N) is 2. The number of fused-ring (bicyclic) bond motifs is 2. The maximum Gasteiger partial charge on any atom is 0.243 e. The number of hydrogen-bond donors (Lipinski definition) is 1.